The van der Waals surface area contributed by atoms with Gasteiger partial charge in [0, 0.05) is 7.11 Å². The van der Waals surface area contributed by atoms with Gasteiger partial charge in [0.05, 0.1) is 0 Å². The zero-order valence-corrected chi connectivity index (χ0v) is 9.03. The minimum absolute atomic E-state index is 1.00. The summed E-state index contributed by atoms with van der Waals surface area (Å²) < 4.78 is 0. The average molecular weight is 182 g/mol. The van der Waals surface area contributed by atoms with Gasteiger partial charge in [-0.05, 0) is 13.3 Å². The Bertz CT molecular complexity index is 143. The van der Waals surface area contributed by atoms with E-state index in [0.29, 0.717) is 0 Å². The largest absolute Gasteiger partial charge is 0.400 e. The second kappa shape index (κ2) is 17.3. The van der Waals surface area contributed by atoms with Crippen LogP contribution in [-0.4, -0.2) is 12.2 Å². The van der Waals surface area contributed by atoms with E-state index in [1.807, 2.05) is 25.2 Å². The van der Waals surface area contributed by atoms with E-state index < -0.39 is 0 Å². The van der Waals surface area contributed by atoms with Gasteiger partial charge in [-0.25, -0.2) is 0 Å². The first-order valence-electron chi connectivity index (χ1n) is 4.81. The smallest absolute Gasteiger partial charge is 0.0319 e. The highest BCUT2D eigenvalue weighted by molar-refractivity contribution is 5.10. The van der Waals surface area contributed by atoms with Gasteiger partial charge in [0.25, 0.3) is 0 Å². The van der Waals surface area contributed by atoms with E-state index in [2.05, 4.69) is 25.2 Å². The molecule has 1 N–H and O–H groups in total. The molecule has 0 aliphatic heterocycles. The van der Waals surface area contributed by atoms with Gasteiger partial charge in [-0.2, -0.15) is 0 Å². The van der Waals surface area contributed by atoms with Crippen LogP contribution in [0.2, 0.25) is 0 Å². The molecule has 13 heavy (non-hydrogen) atoms. The minimum atomic E-state index is 1.00. The van der Waals surface area contributed by atoms with Crippen molar-refractivity contribution in [1.82, 2.24) is 0 Å². The molecule has 0 heterocycles. The highest BCUT2D eigenvalue weighted by Crippen LogP contribution is 1.94. The molecule has 1 nitrogen and oxygen atoms in total. The van der Waals surface area contributed by atoms with Crippen molar-refractivity contribution in [3.05, 3.63) is 36.5 Å². The molecule has 0 rings (SSSR count). The summed E-state index contributed by atoms with van der Waals surface area (Å²) in [7, 11) is 1.00. The van der Waals surface area contributed by atoms with Crippen molar-refractivity contribution < 1.29 is 5.11 Å². The van der Waals surface area contributed by atoms with E-state index in [4.69, 9.17) is 5.11 Å². The van der Waals surface area contributed by atoms with Crippen LogP contribution in [0.25, 0.3) is 0 Å². The predicted octanol–water partition coefficient (Wildman–Crippen LogP) is 3.47. The van der Waals surface area contributed by atoms with Gasteiger partial charge in [-0.3, -0.25) is 0 Å². The summed E-state index contributed by atoms with van der Waals surface area (Å²) in [6.45, 7) is 4.23. The Morgan fingerprint density at radius 2 is 1.62 bits per heavy atom. The summed E-state index contributed by atoms with van der Waals surface area (Å²) in [4.78, 5) is 0. The lowest BCUT2D eigenvalue weighted by atomic mass is 10.2. The van der Waals surface area contributed by atoms with E-state index in [1.54, 1.807) is 0 Å². The second-order valence-corrected chi connectivity index (χ2v) is 2.48. The molecule has 0 unspecified atom stereocenters. The van der Waals surface area contributed by atoms with Crippen molar-refractivity contribution in [3.63, 3.8) is 0 Å². The first-order chi connectivity index (χ1) is 6.41. The van der Waals surface area contributed by atoms with Crippen molar-refractivity contribution in [2.24, 2.45) is 0 Å². The highest BCUT2D eigenvalue weighted by Gasteiger charge is 1.74. The Hall–Kier alpha value is -0.820. The van der Waals surface area contributed by atoms with Crippen LogP contribution in [0.3, 0.4) is 0 Å². The molecule has 0 saturated carbocycles. The summed E-state index contributed by atoms with van der Waals surface area (Å²) in [5.74, 6) is 0. The fraction of sp³-hybridized carbons (Fsp3) is 0.500. The molecule has 0 aliphatic carbocycles. The summed E-state index contributed by atoms with van der Waals surface area (Å²) in [6.07, 6.45) is 16.3. The molecule has 0 radical (unpaired) electrons. The minimum Gasteiger partial charge on any atom is -0.400 e. The summed E-state index contributed by atoms with van der Waals surface area (Å²) >= 11 is 0. The number of allylic oxidation sites excluding steroid dienone is 6. The highest BCUT2D eigenvalue weighted by atomic mass is 16.2. The van der Waals surface area contributed by atoms with Crippen LogP contribution in [0, 0.1) is 0 Å². The van der Waals surface area contributed by atoms with Gasteiger partial charge in [-0.1, -0.05) is 56.2 Å². The number of rotatable bonds is 5. The molecule has 0 spiro atoms. The molecule has 1 heteroatoms. The third-order valence-electron chi connectivity index (χ3n) is 1.39. The van der Waals surface area contributed by atoms with Gasteiger partial charge in [-0.15, -0.1) is 0 Å². The van der Waals surface area contributed by atoms with Gasteiger partial charge < -0.3 is 5.11 Å². The van der Waals surface area contributed by atoms with Crippen molar-refractivity contribution in [2.75, 3.05) is 7.11 Å². The standard InChI is InChI=1S/C11H18.CH4O/c1-3-5-7-9-11-10-8-6-4-2;1-2/h3,5,7,9-11H,4,6,8H2,1-2H3;2H,1H3/b5-3-,9-7-,11-10+;. The summed E-state index contributed by atoms with van der Waals surface area (Å²) in [5.41, 5.74) is 0. The van der Waals surface area contributed by atoms with Gasteiger partial charge in [0.2, 0.25) is 0 Å². The van der Waals surface area contributed by atoms with Gasteiger partial charge in [0.1, 0.15) is 0 Å². The number of hydrogen-bond acceptors (Lipinski definition) is 1. The van der Waals surface area contributed by atoms with Crippen LogP contribution in [0.15, 0.2) is 36.5 Å². The first-order valence-corrected chi connectivity index (χ1v) is 4.81. The van der Waals surface area contributed by atoms with Crippen LogP contribution in [0.5, 0.6) is 0 Å². The van der Waals surface area contributed by atoms with E-state index in [-0.39, 0.29) is 0 Å². The molecule has 0 bridgehead atoms. The second-order valence-electron chi connectivity index (χ2n) is 2.48. The van der Waals surface area contributed by atoms with E-state index >= 15 is 0 Å². The van der Waals surface area contributed by atoms with Gasteiger partial charge >= 0.3 is 0 Å². The Labute approximate surface area is 82.5 Å². The quantitative estimate of drug-likeness (QED) is 0.510. The lowest BCUT2D eigenvalue weighted by Crippen LogP contribution is -1.64. The van der Waals surface area contributed by atoms with Gasteiger partial charge in [0.15, 0.2) is 0 Å². The van der Waals surface area contributed by atoms with Crippen LogP contribution in [0.1, 0.15) is 33.1 Å². The molecular formula is C12H22O. The Morgan fingerprint density at radius 3 is 2.15 bits per heavy atom. The van der Waals surface area contributed by atoms with Crippen LogP contribution in [0.4, 0.5) is 0 Å². The van der Waals surface area contributed by atoms with E-state index in [9.17, 15) is 0 Å². The summed E-state index contributed by atoms with van der Waals surface area (Å²) in [5, 5.41) is 7.00. The molecule has 0 atom stereocenters. The summed E-state index contributed by atoms with van der Waals surface area (Å²) in [6, 6.07) is 0. The normalized spacial score (nSPS) is 11.1. The van der Waals surface area contributed by atoms with E-state index in [1.165, 1.54) is 19.3 Å². The van der Waals surface area contributed by atoms with E-state index in [0.717, 1.165) is 7.11 Å². The Kier molecular flexibility index (Phi) is 19.6. The van der Waals surface area contributed by atoms with Crippen molar-refractivity contribution >= 4 is 0 Å². The number of aliphatic hydroxyl groups is 1. The molecule has 0 aromatic rings. The first kappa shape index (κ1) is 14.7. The Balaban J connectivity index is 0. The predicted molar refractivity (Wildman–Crippen MR) is 60.8 cm³/mol. The van der Waals surface area contributed by atoms with Crippen LogP contribution < -0.4 is 0 Å². The molecule has 0 saturated heterocycles. The molecule has 0 aliphatic rings. The fourth-order valence-electron chi connectivity index (χ4n) is 0.736. The molecule has 0 aromatic carbocycles. The zero-order chi connectivity index (χ0) is 10.4. The molecule has 0 aromatic heterocycles. The number of unbranched alkanes of at least 4 members (excludes halogenated alkanes) is 2. The SMILES string of the molecule is CO.C\C=C/C=C\C=C\CCCC. The van der Waals surface area contributed by atoms with Crippen molar-refractivity contribution in [2.45, 2.75) is 33.1 Å². The topological polar surface area (TPSA) is 20.2 Å². The molecule has 76 valence electrons. The molecular weight excluding hydrogens is 160 g/mol. The number of aliphatic hydroxyl groups excluding tert-OH is 1. The maximum atomic E-state index is 7.00. The lowest BCUT2D eigenvalue weighted by Gasteiger charge is -1.84. The fourth-order valence-corrected chi connectivity index (χ4v) is 0.736. The van der Waals surface area contributed by atoms with Crippen molar-refractivity contribution in [3.8, 4) is 0 Å². The third kappa shape index (κ3) is 18.3. The molecule has 0 fully saturated rings. The number of hydrogen-bond donors (Lipinski definition) is 1. The third-order valence-corrected chi connectivity index (χ3v) is 1.39. The maximum Gasteiger partial charge on any atom is 0.0319 e. The monoisotopic (exact) mass is 182 g/mol. The van der Waals surface area contributed by atoms with Crippen LogP contribution >= 0.6 is 0 Å². The van der Waals surface area contributed by atoms with Crippen molar-refractivity contribution in [1.29, 1.82) is 0 Å². The van der Waals surface area contributed by atoms with Crippen LogP contribution in [-0.2, 0) is 0 Å². The molecule has 0 amide bonds. The lowest BCUT2D eigenvalue weighted by molar-refractivity contribution is 0.399. The zero-order valence-electron chi connectivity index (χ0n) is 9.03. The Morgan fingerprint density at radius 1 is 1.00 bits per heavy atom. The average Bonchev–Trinajstić information content (AvgIpc) is 2.20. The maximum absolute atomic E-state index is 7.00.